The molecule has 2 aromatic rings. The average molecular weight is 381 g/mol. The Kier molecular flexibility index (Phi) is 3.79. The molecule has 0 saturated carbocycles. The Morgan fingerprint density at radius 1 is 1.16 bits per heavy atom. The molecule has 0 aromatic heterocycles. The van der Waals surface area contributed by atoms with Crippen LogP contribution >= 0.6 is 34.4 Å². The quantitative estimate of drug-likeness (QED) is 0.695. The maximum absolute atomic E-state index is 12.6. The second-order valence-electron chi connectivity index (χ2n) is 4.28. The summed E-state index contributed by atoms with van der Waals surface area (Å²) in [6.07, 6.45) is 0. The summed E-state index contributed by atoms with van der Waals surface area (Å²) in [7, 11) is 0. The number of hydrogen-bond acceptors (Lipinski definition) is 2. The molecule has 1 aliphatic rings. The van der Waals surface area contributed by atoms with E-state index in [0.717, 1.165) is 27.1 Å². The Hall–Kier alpha value is -1.01. The van der Waals surface area contributed by atoms with Gasteiger partial charge in [-0.05, 0) is 52.9 Å². The normalized spacial score (nSPS) is 14.1. The van der Waals surface area contributed by atoms with E-state index in [-0.39, 0.29) is 5.91 Å². The molecule has 0 aliphatic carbocycles. The van der Waals surface area contributed by atoms with Gasteiger partial charge in [0.1, 0.15) is 0 Å². The highest BCUT2D eigenvalue weighted by atomic mass is 127. The van der Waals surface area contributed by atoms with Gasteiger partial charge in [0.2, 0.25) is 0 Å². The largest absolute Gasteiger partial charge is 0.306 e. The van der Waals surface area contributed by atoms with Crippen LogP contribution in [0.4, 0.5) is 5.69 Å². The molecular formula is C15H12INOS. The number of hydrogen-bond donors (Lipinski definition) is 0. The van der Waals surface area contributed by atoms with E-state index in [9.17, 15) is 4.79 Å². The summed E-state index contributed by atoms with van der Waals surface area (Å²) < 4.78 is 1.09. The SMILES string of the molecule is O=C(c1cccc(I)c1)N1CCSc2ccccc21. The standard InChI is InChI=1S/C15H12INOS/c16-12-5-3-4-11(10-12)15(18)17-8-9-19-14-7-2-1-6-13(14)17/h1-7,10H,8-9H2. The van der Waals surface area contributed by atoms with Crippen molar-refractivity contribution < 1.29 is 4.79 Å². The van der Waals surface area contributed by atoms with Gasteiger partial charge in [-0.15, -0.1) is 11.8 Å². The molecule has 19 heavy (non-hydrogen) atoms. The summed E-state index contributed by atoms with van der Waals surface area (Å²) in [5.41, 5.74) is 1.79. The third-order valence-electron chi connectivity index (χ3n) is 3.05. The molecule has 0 radical (unpaired) electrons. The highest BCUT2D eigenvalue weighted by Crippen LogP contribution is 2.35. The fourth-order valence-corrected chi connectivity index (χ4v) is 3.70. The number of carbonyl (C=O) groups is 1. The molecule has 1 heterocycles. The van der Waals surface area contributed by atoms with Crippen LogP contribution in [-0.4, -0.2) is 18.2 Å². The zero-order chi connectivity index (χ0) is 13.2. The van der Waals surface area contributed by atoms with Gasteiger partial charge in [-0.3, -0.25) is 4.79 Å². The van der Waals surface area contributed by atoms with Crippen LogP contribution in [0.25, 0.3) is 0 Å². The lowest BCUT2D eigenvalue weighted by atomic mass is 10.2. The van der Waals surface area contributed by atoms with E-state index < -0.39 is 0 Å². The van der Waals surface area contributed by atoms with E-state index in [1.807, 2.05) is 59.1 Å². The Morgan fingerprint density at radius 3 is 2.84 bits per heavy atom. The second kappa shape index (κ2) is 5.54. The maximum atomic E-state index is 12.6. The van der Waals surface area contributed by atoms with Gasteiger partial charge in [0.15, 0.2) is 0 Å². The number of rotatable bonds is 1. The van der Waals surface area contributed by atoms with E-state index >= 15 is 0 Å². The minimum absolute atomic E-state index is 0.0891. The predicted octanol–water partition coefficient (Wildman–Crippen LogP) is 4.04. The van der Waals surface area contributed by atoms with Gasteiger partial charge in [0, 0.05) is 26.3 Å². The molecule has 0 saturated heterocycles. The topological polar surface area (TPSA) is 20.3 Å². The number of carbonyl (C=O) groups excluding carboxylic acids is 1. The monoisotopic (exact) mass is 381 g/mol. The molecule has 0 spiro atoms. The number of halogens is 1. The van der Waals surface area contributed by atoms with Crippen molar-refractivity contribution in [2.24, 2.45) is 0 Å². The van der Waals surface area contributed by atoms with Crippen molar-refractivity contribution >= 4 is 45.9 Å². The number of para-hydroxylation sites is 1. The van der Waals surface area contributed by atoms with Gasteiger partial charge in [0.05, 0.1) is 5.69 Å². The number of anilines is 1. The highest BCUT2D eigenvalue weighted by molar-refractivity contribution is 14.1. The predicted molar refractivity (Wildman–Crippen MR) is 88.0 cm³/mol. The van der Waals surface area contributed by atoms with Crippen molar-refractivity contribution in [1.29, 1.82) is 0 Å². The maximum Gasteiger partial charge on any atom is 0.258 e. The van der Waals surface area contributed by atoms with Gasteiger partial charge in [-0.2, -0.15) is 0 Å². The van der Waals surface area contributed by atoms with E-state index in [2.05, 4.69) is 28.7 Å². The first-order valence-corrected chi connectivity index (χ1v) is 8.11. The molecule has 0 fully saturated rings. The molecule has 3 rings (SSSR count). The lowest BCUT2D eigenvalue weighted by Crippen LogP contribution is -2.35. The van der Waals surface area contributed by atoms with Crippen LogP contribution in [0.5, 0.6) is 0 Å². The van der Waals surface area contributed by atoms with E-state index in [4.69, 9.17) is 0 Å². The fraction of sp³-hybridized carbons (Fsp3) is 0.133. The van der Waals surface area contributed by atoms with Crippen LogP contribution in [0.3, 0.4) is 0 Å². The van der Waals surface area contributed by atoms with Crippen LogP contribution in [0.2, 0.25) is 0 Å². The van der Waals surface area contributed by atoms with Crippen molar-refractivity contribution in [1.82, 2.24) is 0 Å². The van der Waals surface area contributed by atoms with Crippen LogP contribution < -0.4 is 4.90 Å². The molecule has 0 bridgehead atoms. The number of thioether (sulfide) groups is 1. The first kappa shape index (κ1) is 13.0. The Bertz CT molecular complexity index is 629. The Morgan fingerprint density at radius 2 is 2.00 bits per heavy atom. The smallest absolute Gasteiger partial charge is 0.258 e. The first-order valence-electron chi connectivity index (χ1n) is 6.05. The van der Waals surface area contributed by atoms with E-state index in [1.54, 1.807) is 0 Å². The zero-order valence-corrected chi connectivity index (χ0v) is 13.1. The third kappa shape index (κ3) is 2.65. The summed E-state index contributed by atoms with van der Waals surface area (Å²) in [5.74, 6) is 1.04. The summed E-state index contributed by atoms with van der Waals surface area (Å²) in [6, 6.07) is 15.9. The van der Waals surface area contributed by atoms with Crippen molar-refractivity contribution in [2.45, 2.75) is 4.90 Å². The lowest BCUT2D eigenvalue weighted by Gasteiger charge is -2.29. The summed E-state index contributed by atoms with van der Waals surface area (Å²) in [5, 5.41) is 0. The molecule has 2 aromatic carbocycles. The van der Waals surface area contributed by atoms with Crippen molar-refractivity contribution in [2.75, 3.05) is 17.2 Å². The van der Waals surface area contributed by atoms with Crippen molar-refractivity contribution in [3.63, 3.8) is 0 Å². The molecule has 96 valence electrons. The molecule has 0 unspecified atom stereocenters. The summed E-state index contributed by atoms with van der Waals surface area (Å²) in [6.45, 7) is 0.770. The van der Waals surface area contributed by atoms with Crippen LogP contribution in [0, 0.1) is 3.57 Å². The highest BCUT2D eigenvalue weighted by Gasteiger charge is 2.23. The van der Waals surface area contributed by atoms with Crippen molar-refractivity contribution in [3.8, 4) is 0 Å². The molecule has 1 amide bonds. The van der Waals surface area contributed by atoms with E-state index in [0.29, 0.717) is 0 Å². The van der Waals surface area contributed by atoms with Gasteiger partial charge in [-0.1, -0.05) is 18.2 Å². The number of benzene rings is 2. The van der Waals surface area contributed by atoms with Gasteiger partial charge in [-0.25, -0.2) is 0 Å². The van der Waals surface area contributed by atoms with Gasteiger partial charge >= 0.3 is 0 Å². The number of nitrogens with zero attached hydrogens (tertiary/aromatic N) is 1. The van der Waals surface area contributed by atoms with Gasteiger partial charge < -0.3 is 4.90 Å². The van der Waals surface area contributed by atoms with Crippen LogP contribution in [-0.2, 0) is 0 Å². The molecule has 0 atom stereocenters. The molecule has 0 N–H and O–H groups in total. The average Bonchev–Trinajstić information content (AvgIpc) is 2.46. The van der Waals surface area contributed by atoms with Crippen molar-refractivity contribution in [3.05, 3.63) is 57.7 Å². The lowest BCUT2D eigenvalue weighted by molar-refractivity contribution is 0.0987. The molecular weight excluding hydrogens is 369 g/mol. The minimum Gasteiger partial charge on any atom is -0.306 e. The molecule has 4 heteroatoms. The second-order valence-corrected chi connectivity index (χ2v) is 6.67. The van der Waals surface area contributed by atoms with Crippen LogP contribution in [0.15, 0.2) is 53.4 Å². The zero-order valence-electron chi connectivity index (χ0n) is 10.2. The summed E-state index contributed by atoms with van der Waals surface area (Å²) >= 11 is 4.05. The van der Waals surface area contributed by atoms with Crippen LogP contribution in [0.1, 0.15) is 10.4 Å². The summed E-state index contributed by atoms with van der Waals surface area (Å²) in [4.78, 5) is 15.7. The number of fused-ring (bicyclic) bond motifs is 1. The van der Waals surface area contributed by atoms with E-state index in [1.165, 1.54) is 4.90 Å². The number of amides is 1. The Labute approximate surface area is 130 Å². The van der Waals surface area contributed by atoms with Gasteiger partial charge in [0.25, 0.3) is 5.91 Å². The fourth-order valence-electron chi connectivity index (χ4n) is 2.16. The Balaban J connectivity index is 1.98. The first-order chi connectivity index (χ1) is 9.25. The molecule has 1 aliphatic heterocycles. The minimum atomic E-state index is 0.0891. The molecule has 2 nitrogen and oxygen atoms in total. The third-order valence-corrected chi connectivity index (χ3v) is 4.76.